The molecule has 5 nitrogen and oxygen atoms in total. The number of aromatic nitrogens is 2. The highest BCUT2D eigenvalue weighted by Crippen LogP contribution is 2.37. The first-order chi connectivity index (χ1) is 16.9. The van der Waals surface area contributed by atoms with Crippen molar-refractivity contribution >= 4 is 23.1 Å². The topological polar surface area (TPSA) is 59.1 Å². The van der Waals surface area contributed by atoms with Crippen LogP contribution in [-0.2, 0) is 6.18 Å². The van der Waals surface area contributed by atoms with Gasteiger partial charge in [0.25, 0.3) is 0 Å². The fourth-order valence-corrected chi connectivity index (χ4v) is 4.28. The van der Waals surface area contributed by atoms with Gasteiger partial charge in [-0.3, -0.25) is 0 Å². The Balaban J connectivity index is 1.47. The average molecular weight is 485 g/mol. The normalized spacial score (nSPS) is 14.2. The van der Waals surface area contributed by atoms with Crippen molar-refractivity contribution in [3.8, 4) is 5.75 Å². The van der Waals surface area contributed by atoms with Gasteiger partial charge in [0, 0.05) is 17.6 Å². The predicted octanol–water partition coefficient (Wildman–Crippen LogP) is 8.21. The average Bonchev–Trinajstić information content (AvgIpc) is 3.38. The molecule has 0 atom stereocenters. The molecule has 1 heterocycles. The van der Waals surface area contributed by atoms with E-state index in [2.05, 4.69) is 27.5 Å². The van der Waals surface area contributed by atoms with Gasteiger partial charge in [0.15, 0.2) is 0 Å². The van der Waals surface area contributed by atoms with Crippen LogP contribution >= 0.6 is 0 Å². The van der Waals surface area contributed by atoms with E-state index in [4.69, 9.17) is 4.74 Å². The molecule has 1 aromatic heterocycles. The van der Waals surface area contributed by atoms with Crippen LogP contribution in [0.5, 0.6) is 5.75 Å². The number of nitrogens with one attached hydrogen (secondary N) is 2. The molecule has 1 aliphatic carbocycles. The number of hydrogen-bond acceptors (Lipinski definition) is 5. The number of unbranched alkanes of at least 4 members (excludes halogenated alkanes) is 2. The number of nitrogens with zero attached hydrogens (tertiary/aromatic N) is 2. The summed E-state index contributed by atoms with van der Waals surface area (Å²) in [6, 6.07) is 14.8. The Labute approximate surface area is 204 Å². The minimum absolute atomic E-state index is 0.0692. The van der Waals surface area contributed by atoms with Crippen LogP contribution in [0.2, 0.25) is 0 Å². The molecule has 2 N–H and O–H groups in total. The third-order valence-electron chi connectivity index (χ3n) is 6.22. The van der Waals surface area contributed by atoms with Crippen molar-refractivity contribution in [3.05, 3.63) is 65.9 Å². The maximum absolute atomic E-state index is 13.6. The maximum Gasteiger partial charge on any atom is 0.421 e. The first-order valence-corrected chi connectivity index (χ1v) is 12.2. The van der Waals surface area contributed by atoms with Crippen LogP contribution in [0.15, 0.2) is 54.7 Å². The molecule has 35 heavy (non-hydrogen) atoms. The van der Waals surface area contributed by atoms with E-state index >= 15 is 0 Å². The number of rotatable bonds is 10. The van der Waals surface area contributed by atoms with E-state index in [0.717, 1.165) is 44.1 Å². The van der Waals surface area contributed by atoms with Crippen molar-refractivity contribution in [2.24, 2.45) is 0 Å². The highest BCUT2D eigenvalue weighted by molar-refractivity contribution is 5.63. The molecule has 3 aromatic rings. The summed E-state index contributed by atoms with van der Waals surface area (Å²) in [7, 11) is 0. The van der Waals surface area contributed by atoms with E-state index in [-0.39, 0.29) is 11.8 Å². The maximum atomic E-state index is 13.6. The zero-order valence-electron chi connectivity index (χ0n) is 19.9. The Morgan fingerprint density at radius 1 is 0.914 bits per heavy atom. The largest absolute Gasteiger partial charge is 0.494 e. The molecule has 1 saturated carbocycles. The second-order valence-electron chi connectivity index (χ2n) is 8.89. The van der Waals surface area contributed by atoms with E-state index in [9.17, 15) is 13.2 Å². The van der Waals surface area contributed by atoms with Crippen molar-refractivity contribution in [2.45, 2.75) is 64.0 Å². The summed E-state index contributed by atoms with van der Waals surface area (Å²) in [5.41, 5.74) is 1.51. The van der Waals surface area contributed by atoms with Crippen molar-refractivity contribution in [2.75, 3.05) is 17.2 Å². The Morgan fingerprint density at radius 2 is 1.57 bits per heavy atom. The van der Waals surface area contributed by atoms with Crippen LogP contribution in [-0.4, -0.2) is 16.6 Å². The molecule has 186 valence electrons. The van der Waals surface area contributed by atoms with Crippen LogP contribution < -0.4 is 15.4 Å². The zero-order valence-corrected chi connectivity index (χ0v) is 19.9. The Bertz CT molecular complexity index is 1080. The van der Waals surface area contributed by atoms with Gasteiger partial charge >= 0.3 is 6.18 Å². The van der Waals surface area contributed by atoms with Gasteiger partial charge in [-0.1, -0.05) is 44.7 Å². The van der Waals surface area contributed by atoms with Crippen LogP contribution in [0, 0.1) is 0 Å². The van der Waals surface area contributed by atoms with Gasteiger partial charge in [-0.25, -0.2) is 4.98 Å². The van der Waals surface area contributed by atoms with Crippen molar-refractivity contribution < 1.29 is 17.9 Å². The van der Waals surface area contributed by atoms with Crippen LogP contribution in [0.3, 0.4) is 0 Å². The summed E-state index contributed by atoms with van der Waals surface area (Å²) < 4.78 is 46.6. The lowest BCUT2D eigenvalue weighted by Crippen LogP contribution is -2.12. The van der Waals surface area contributed by atoms with E-state index < -0.39 is 11.7 Å². The standard InChI is InChI=1S/C27H31F3N4O/c1-2-3-6-17-35-23-15-13-22(14-16-23)33-26-31-18-24(27(28,29)30)25(34-26)32-21-11-9-20(10-12-21)19-7-4-5-8-19/h9-16,18-19H,2-8,17H2,1H3,(H2,31,32,33,34). The summed E-state index contributed by atoms with van der Waals surface area (Å²) >= 11 is 0. The van der Waals surface area contributed by atoms with Crippen molar-refractivity contribution in [1.82, 2.24) is 9.97 Å². The molecular formula is C27H31F3N4O. The second kappa shape index (κ2) is 11.4. The molecule has 2 aromatic carbocycles. The van der Waals surface area contributed by atoms with Crippen LogP contribution in [0.25, 0.3) is 0 Å². The molecule has 0 spiro atoms. The van der Waals surface area contributed by atoms with E-state index in [1.165, 1.54) is 18.4 Å². The molecule has 0 saturated heterocycles. The first kappa shape index (κ1) is 24.8. The fourth-order valence-electron chi connectivity index (χ4n) is 4.28. The Hall–Kier alpha value is -3.29. The molecule has 8 heteroatoms. The minimum Gasteiger partial charge on any atom is -0.494 e. The molecule has 0 bridgehead atoms. The van der Waals surface area contributed by atoms with E-state index in [1.54, 1.807) is 12.1 Å². The molecule has 0 radical (unpaired) electrons. The molecule has 0 amide bonds. The van der Waals surface area contributed by atoms with Gasteiger partial charge in [0.2, 0.25) is 5.95 Å². The van der Waals surface area contributed by atoms with Crippen LogP contribution in [0.1, 0.15) is 68.9 Å². The lowest BCUT2D eigenvalue weighted by molar-refractivity contribution is -0.137. The smallest absolute Gasteiger partial charge is 0.421 e. The van der Waals surface area contributed by atoms with Gasteiger partial charge in [-0.15, -0.1) is 0 Å². The van der Waals surface area contributed by atoms with Gasteiger partial charge in [-0.2, -0.15) is 18.2 Å². The summed E-state index contributed by atoms with van der Waals surface area (Å²) in [5, 5.41) is 5.81. The fraction of sp³-hybridized carbons (Fsp3) is 0.407. The monoisotopic (exact) mass is 484 g/mol. The summed E-state index contributed by atoms with van der Waals surface area (Å²) in [6.07, 6.45) is 4.24. The first-order valence-electron chi connectivity index (χ1n) is 12.2. The van der Waals surface area contributed by atoms with Gasteiger partial charge in [0.1, 0.15) is 17.1 Å². The number of benzene rings is 2. The molecule has 0 aliphatic heterocycles. The molecular weight excluding hydrogens is 453 g/mol. The quantitative estimate of drug-likeness (QED) is 0.284. The predicted molar refractivity (Wildman–Crippen MR) is 133 cm³/mol. The molecule has 1 fully saturated rings. The van der Waals surface area contributed by atoms with Gasteiger partial charge in [-0.05, 0) is 67.1 Å². The SMILES string of the molecule is CCCCCOc1ccc(Nc2ncc(C(F)(F)F)c(Nc3ccc(C4CCCC4)cc3)n2)cc1. The highest BCUT2D eigenvalue weighted by atomic mass is 19.4. The number of alkyl halides is 3. The number of ether oxygens (including phenoxy) is 1. The Kier molecular flexibility index (Phi) is 8.10. The minimum atomic E-state index is -4.58. The summed E-state index contributed by atoms with van der Waals surface area (Å²) in [5.74, 6) is 1.06. The van der Waals surface area contributed by atoms with Crippen LogP contribution in [0.4, 0.5) is 36.3 Å². The Morgan fingerprint density at radius 3 is 2.23 bits per heavy atom. The van der Waals surface area contributed by atoms with Crippen molar-refractivity contribution in [3.63, 3.8) is 0 Å². The molecule has 1 aliphatic rings. The zero-order chi connectivity index (χ0) is 24.7. The molecule has 4 rings (SSSR count). The third-order valence-corrected chi connectivity index (χ3v) is 6.22. The van der Waals surface area contributed by atoms with Gasteiger partial charge in [0.05, 0.1) is 6.61 Å². The van der Waals surface area contributed by atoms with Crippen molar-refractivity contribution in [1.29, 1.82) is 0 Å². The third kappa shape index (κ3) is 6.87. The van der Waals surface area contributed by atoms with E-state index in [0.29, 0.717) is 23.9 Å². The second-order valence-corrected chi connectivity index (χ2v) is 8.89. The van der Waals surface area contributed by atoms with Gasteiger partial charge < -0.3 is 15.4 Å². The highest BCUT2D eigenvalue weighted by Gasteiger charge is 2.35. The summed E-state index contributed by atoms with van der Waals surface area (Å²) in [6.45, 7) is 2.79. The number of halogens is 3. The molecule has 0 unspecified atom stereocenters. The lowest BCUT2D eigenvalue weighted by Gasteiger charge is -2.16. The summed E-state index contributed by atoms with van der Waals surface area (Å²) in [4.78, 5) is 8.03. The lowest BCUT2D eigenvalue weighted by atomic mass is 9.97. The number of anilines is 4. The van der Waals surface area contributed by atoms with E-state index in [1.807, 2.05) is 36.4 Å². The number of hydrogen-bond donors (Lipinski definition) is 2.